The van der Waals surface area contributed by atoms with Crippen LogP contribution in [0.3, 0.4) is 0 Å². The van der Waals surface area contributed by atoms with Crippen molar-refractivity contribution in [1.29, 1.82) is 0 Å². The molecule has 0 unspecified atom stereocenters. The number of aromatic nitrogens is 6. The number of benzene rings is 3. The second-order valence-corrected chi connectivity index (χ2v) is 7.95. The van der Waals surface area contributed by atoms with E-state index in [1.54, 1.807) is 36.4 Å². The molecule has 0 atom stereocenters. The van der Waals surface area contributed by atoms with Gasteiger partial charge in [0.1, 0.15) is 11.3 Å². The fourth-order valence-corrected chi connectivity index (χ4v) is 4.18. The Morgan fingerprint density at radius 2 is 1.59 bits per heavy atom. The van der Waals surface area contributed by atoms with Gasteiger partial charge < -0.3 is 0 Å². The molecule has 3 aromatic carbocycles. The quantitative estimate of drug-likeness (QED) is 0.369. The molecular weight excluding hydrogens is 427 g/mol. The smallest absolute Gasteiger partial charge is 0.278 e. The molecule has 32 heavy (non-hydrogen) atoms. The van der Waals surface area contributed by atoms with Gasteiger partial charge in [-0.1, -0.05) is 71.6 Å². The number of nitrogens with zero attached hydrogens (tertiary/aromatic N) is 6. The minimum absolute atomic E-state index is 0.195. The first kappa shape index (κ1) is 20.1. The first-order valence-electron chi connectivity index (χ1n) is 9.88. The lowest BCUT2D eigenvalue weighted by atomic mass is 10.2. The molecule has 0 N–H and O–H groups in total. The van der Waals surface area contributed by atoms with E-state index in [1.165, 1.54) is 22.5 Å². The highest BCUT2D eigenvalue weighted by Gasteiger charge is 2.18. The van der Waals surface area contributed by atoms with Crippen LogP contribution in [0.25, 0.3) is 22.3 Å². The molecule has 2 aromatic heterocycles. The average Bonchev–Trinajstić information content (AvgIpc) is 3.22. The zero-order chi connectivity index (χ0) is 21.9. The molecule has 0 aliphatic carbocycles. The van der Waals surface area contributed by atoms with Crippen LogP contribution >= 0.6 is 11.8 Å². The van der Waals surface area contributed by atoms with Gasteiger partial charge in [0, 0.05) is 0 Å². The fraction of sp³-hybridized carbons (Fsp3) is 0.0870. The molecule has 0 aliphatic heterocycles. The number of thioether (sulfide) groups is 1. The summed E-state index contributed by atoms with van der Waals surface area (Å²) in [6, 6.07) is 23.3. The van der Waals surface area contributed by atoms with E-state index in [0.29, 0.717) is 34.0 Å². The highest BCUT2D eigenvalue weighted by molar-refractivity contribution is 7.98. The van der Waals surface area contributed by atoms with Crippen molar-refractivity contribution in [3.8, 4) is 11.4 Å². The monoisotopic (exact) mass is 444 g/mol. The van der Waals surface area contributed by atoms with Crippen molar-refractivity contribution in [2.24, 2.45) is 0 Å². The van der Waals surface area contributed by atoms with E-state index in [4.69, 9.17) is 0 Å². The third-order valence-electron chi connectivity index (χ3n) is 4.96. The fourth-order valence-electron chi connectivity index (χ4n) is 3.37. The third-order valence-corrected chi connectivity index (χ3v) is 5.89. The lowest BCUT2D eigenvalue weighted by Crippen LogP contribution is -2.23. The van der Waals surface area contributed by atoms with Crippen LogP contribution in [-0.4, -0.2) is 29.8 Å². The van der Waals surface area contributed by atoms with Gasteiger partial charge in [-0.15, -0.1) is 15.3 Å². The van der Waals surface area contributed by atoms with E-state index in [9.17, 15) is 9.18 Å². The second kappa shape index (κ2) is 8.72. The molecule has 7 nitrogen and oxygen atoms in total. The third kappa shape index (κ3) is 3.90. The Morgan fingerprint density at radius 3 is 2.44 bits per heavy atom. The summed E-state index contributed by atoms with van der Waals surface area (Å²) < 4.78 is 17.6. The van der Waals surface area contributed by atoms with Gasteiger partial charge in [-0.25, -0.2) is 4.39 Å². The van der Waals surface area contributed by atoms with Crippen LogP contribution in [0.15, 0.2) is 88.8 Å². The summed E-state index contributed by atoms with van der Waals surface area (Å²) >= 11 is 1.29. The lowest BCUT2D eigenvalue weighted by Gasteiger charge is -2.11. The highest BCUT2D eigenvalue weighted by atomic mass is 32.2. The second-order valence-electron chi connectivity index (χ2n) is 7.04. The van der Waals surface area contributed by atoms with Gasteiger partial charge >= 0.3 is 0 Å². The molecule has 5 rings (SSSR count). The Bertz CT molecular complexity index is 1450. The minimum Gasteiger partial charge on any atom is -0.297 e. The predicted octanol–water partition coefficient (Wildman–Crippen LogP) is 3.99. The summed E-state index contributed by atoms with van der Waals surface area (Å²) in [6.07, 6.45) is 0. The van der Waals surface area contributed by atoms with Crippen molar-refractivity contribution in [2.45, 2.75) is 17.6 Å². The van der Waals surface area contributed by atoms with E-state index in [1.807, 2.05) is 41.0 Å². The molecule has 2 heterocycles. The van der Waals surface area contributed by atoms with Gasteiger partial charge in [0.05, 0.1) is 23.4 Å². The predicted molar refractivity (Wildman–Crippen MR) is 121 cm³/mol. The van der Waals surface area contributed by atoms with Crippen LogP contribution in [0.1, 0.15) is 5.56 Å². The molecule has 0 aliphatic rings. The van der Waals surface area contributed by atoms with Crippen LogP contribution in [-0.2, 0) is 12.4 Å². The van der Waals surface area contributed by atoms with E-state index in [-0.39, 0.29) is 17.3 Å². The first-order chi connectivity index (χ1) is 15.7. The summed E-state index contributed by atoms with van der Waals surface area (Å²) in [7, 11) is 0. The summed E-state index contributed by atoms with van der Waals surface area (Å²) in [5.74, 6) is 0.245. The van der Waals surface area contributed by atoms with E-state index < -0.39 is 0 Å². The Hall–Kier alpha value is -3.85. The molecular formula is C23H17FN6OS. The van der Waals surface area contributed by atoms with Crippen LogP contribution in [0, 0.1) is 5.82 Å². The van der Waals surface area contributed by atoms with Gasteiger partial charge in [0.2, 0.25) is 0 Å². The Morgan fingerprint density at radius 1 is 0.844 bits per heavy atom. The van der Waals surface area contributed by atoms with E-state index in [0.717, 1.165) is 5.56 Å². The topological polar surface area (TPSA) is 78.5 Å². The van der Waals surface area contributed by atoms with Gasteiger partial charge in [0.15, 0.2) is 11.0 Å². The van der Waals surface area contributed by atoms with Crippen molar-refractivity contribution in [2.75, 3.05) is 0 Å². The zero-order valence-corrected chi connectivity index (χ0v) is 17.6. The van der Waals surface area contributed by atoms with Crippen molar-refractivity contribution in [1.82, 2.24) is 29.8 Å². The van der Waals surface area contributed by atoms with Crippen LogP contribution in [0.4, 0.5) is 4.39 Å². The summed E-state index contributed by atoms with van der Waals surface area (Å²) in [5.41, 5.74) is 1.71. The molecule has 0 radical (unpaired) electrons. The highest BCUT2D eigenvalue weighted by Crippen LogP contribution is 2.27. The first-order valence-corrected chi connectivity index (χ1v) is 10.9. The van der Waals surface area contributed by atoms with Gasteiger partial charge in [-0.05, 0) is 29.8 Å². The average molecular weight is 444 g/mol. The molecule has 0 saturated carbocycles. The van der Waals surface area contributed by atoms with Crippen molar-refractivity contribution in [3.05, 3.63) is 101 Å². The Kier molecular flexibility index (Phi) is 5.47. The van der Waals surface area contributed by atoms with Crippen molar-refractivity contribution in [3.63, 3.8) is 0 Å². The SMILES string of the molecule is O=c1c2ccccc2nnn1CSc1nnc(-c2ccccc2F)n1Cc1ccccc1. The summed E-state index contributed by atoms with van der Waals surface area (Å²) in [6.45, 7) is 0.456. The maximum absolute atomic E-state index is 14.5. The maximum Gasteiger partial charge on any atom is 0.278 e. The van der Waals surface area contributed by atoms with Crippen LogP contribution in [0.2, 0.25) is 0 Å². The number of fused-ring (bicyclic) bond motifs is 1. The molecule has 0 saturated heterocycles. The molecule has 5 aromatic rings. The van der Waals surface area contributed by atoms with Gasteiger partial charge in [-0.2, -0.15) is 4.68 Å². The van der Waals surface area contributed by atoms with E-state index in [2.05, 4.69) is 20.5 Å². The van der Waals surface area contributed by atoms with E-state index >= 15 is 0 Å². The number of halogens is 1. The van der Waals surface area contributed by atoms with Crippen LogP contribution < -0.4 is 5.56 Å². The molecule has 158 valence electrons. The van der Waals surface area contributed by atoms with Crippen molar-refractivity contribution >= 4 is 22.7 Å². The molecule has 0 amide bonds. The van der Waals surface area contributed by atoms with Crippen molar-refractivity contribution < 1.29 is 4.39 Å². The number of rotatable bonds is 6. The number of hydrogen-bond acceptors (Lipinski definition) is 6. The maximum atomic E-state index is 14.5. The summed E-state index contributed by atoms with van der Waals surface area (Å²) in [4.78, 5) is 12.8. The normalized spacial score (nSPS) is 11.2. The molecule has 0 bridgehead atoms. The van der Waals surface area contributed by atoms with Gasteiger partial charge in [-0.3, -0.25) is 9.36 Å². The minimum atomic E-state index is -0.373. The Labute approximate surface area is 186 Å². The molecule has 0 spiro atoms. The Balaban J connectivity index is 1.51. The van der Waals surface area contributed by atoms with Crippen LogP contribution in [0.5, 0.6) is 0 Å². The largest absolute Gasteiger partial charge is 0.297 e. The molecule has 9 heteroatoms. The van der Waals surface area contributed by atoms with Gasteiger partial charge in [0.25, 0.3) is 5.56 Å². The summed E-state index contributed by atoms with van der Waals surface area (Å²) in [5, 5.41) is 17.7. The lowest BCUT2D eigenvalue weighted by molar-refractivity contribution is 0.625. The number of hydrogen-bond donors (Lipinski definition) is 0. The zero-order valence-electron chi connectivity index (χ0n) is 16.8. The molecule has 0 fully saturated rings. The standard InChI is InChI=1S/C23H17FN6OS/c24-19-12-6-4-10-17(19)21-26-27-23(29(21)14-16-8-2-1-3-9-16)32-15-30-22(31)18-11-5-7-13-20(18)25-28-30/h1-13H,14-15H2.